The fourth-order valence-electron chi connectivity index (χ4n) is 1.26. The lowest BCUT2D eigenvalue weighted by molar-refractivity contribution is 0.102. The van der Waals surface area contributed by atoms with E-state index in [0.29, 0.717) is 11.5 Å². The molecular weight excluding hydrogens is 237 g/mol. The van der Waals surface area contributed by atoms with Gasteiger partial charge in [-0.1, -0.05) is 0 Å². The summed E-state index contributed by atoms with van der Waals surface area (Å²) in [5.74, 6) is 4.68. The average molecular weight is 247 g/mol. The number of amides is 1. The molecule has 0 spiro atoms. The van der Waals surface area contributed by atoms with Gasteiger partial charge in [0.05, 0.1) is 0 Å². The van der Waals surface area contributed by atoms with E-state index < -0.39 is 5.91 Å². The van der Waals surface area contributed by atoms with Gasteiger partial charge in [-0.25, -0.2) is 10.2 Å². The molecule has 0 atom stereocenters. The van der Waals surface area contributed by atoms with Crippen LogP contribution in [-0.2, 0) is 0 Å². The molecule has 6 nitrogen and oxygen atoms in total. The second-order valence-electron chi connectivity index (χ2n) is 3.41. The molecule has 0 aliphatic carbocycles. The number of benzene rings is 1. The van der Waals surface area contributed by atoms with Gasteiger partial charge >= 0.3 is 0 Å². The Balaban J connectivity index is 2.09. The lowest BCUT2D eigenvalue weighted by atomic mass is 10.3. The number of nitrogens with one attached hydrogen (secondary N) is 2. The van der Waals surface area contributed by atoms with Crippen molar-refractivity contribution in [3.05, 3.63) is 47.9 Å². The number of anilines is 2. The SMILES string of the molecule is NNc1ccc(C(=O)Nc2ccc(F)cc2)nn1. The van der Waals surface area contributed by atoms with Crippen molar-refractivity contribution >= 4 is 17.4 Å². The molecule has 0 saturated carbocycles. The Labute approximate surface area is 102 Å². The van der Waals surface area contributed by atoms with Crippen LogP contribution < -0.4 is 16.6 Å². The Kier molecular flexibility index (Phi) is 3.44. The van der Waals surface area contributed by atoms with E-state index in [4.69, 9.17) is 5.84 Å². The van der Waals surface area contributed by atoms with E-state index in [1.165, 1.54) is 36.4 Å². The van der Waals surface area contributed by atoms with Crippen molar-refractivity contribution in [2.24, 2.45) is 5.84 Å². The van der Waals surface area contributed by atoms with E-state index >= 15 is 0 Å². The number of halogens is 1. The molecule has 0 unspecified atom stereocenters. The lowest BCUT2D eigenvalue weighted by Crippen LogP contribution is -2.16. The van der Waals surface area contributed by atoms with Crippen LogP contribution in [0.4, 0.5) is 15.9 Å². The Morgan fingerprint density at radius 3 is 2.39 bits per heavy atom. The van der Waals surface area contributed by atoms with Crippen LogP contribution in [0.5, 0.6) is 0 Å². The van der Waals surface area contributed by atoms with Crippen molar-refractivity contribution in [3.63, 3.8) is 0 Å². The minimum absolute atomic E-state index is 0.137. The van der Waals surface area contributed by atoms with Crippen LogP contribution in [0.15, 0.2) is 36.4 Å². The van der Waals surface area contributed by atoms with E-state index in [2.05, 4.69) is 20.9 Å². The number of nitrogens with zero attached hydrogens (tertiary/aromatic N) is 2. The summed E-state index contributed by atoms with van der Waals surface area (Å²) >= 11 is 0. The molecule has 2 aromatic rings. The number of rotatable bonds is 3. The molecular formula is C11H10FN5O. The minimum atomic E-state index is -0.433. The first kappa shape index (κ1) is 11.9. The second-order valence-corrected chi connectivity index (χ2v) is 3.41. The normalized spacial score (nSPS) is 9.89. The Bertz CT molecular complexity index is 540. The van der Waals surface area contributed by atoms with Crippen molar-refractivity contribution < 1.29 is 9.18 Å². The molecule has 18 heavy (non-hydrogen) atoms. The second kappa shape index (κ2) is 5.19. The predicted molar refractivity (Wildman–Crippen MR) is 64.2 cm³/mol. The standard InChI is InChI=1S/C11H10FN5O/c12-7-1-3-8(4-2-7)14-11(18)9-5-6-10(15-13)17-16-9/h1-6H,13H2,(H,14,18)(H,15,17). The zero-order valence-corrected chi connectivity index (χ0v) is 9.22. The van der Waals surface area contributed by atoms with E-state index in [-0.39, 0.29) is 11.5 Å². The summed E-state index contributed by atoms with van der Waals surface area (Å²) in [6, 6.07) is 8.41. The van der Waals surface area contributed by atoms with Crippen molar-refractivity contribution in [1.29, 1.82) is 0 Å². The molecule has 1 aromatic heterocycles. The van der Waals surface area contributed by atoms with Crippen molar-refractivity contribution in [3.8, 4) is 0 Å². The van der Waals surface area contributed by atoms with E-state index in [1.54, 1.807) is 0 Å². The highest BCUT2D eigenvalue weighted by Crippen LogP contribution is 2.10. The molecule has 2 rings (SSSR count). The summed E-state index contributed by atoms with van der Waals surface area (Å²) in [5.41, 5.74) is 2.92. The molecule has 7 heteroatoms. The van der Waals surface area contributed by atoms with Crippen LogP contribution in [0, 0.1) is 5.82 Å². The third-order valence-electron chi connectivity index (χ3n) is 2.15. The molecule has 4 N–H and O–H groups in total. The lowest BCUT2D eigenvalue weighted by Gasteiger charge is -2.04. The van der Waals surface area contributed by atoms with Gasteiger partial charge in [0.1, 0.15) is 5.82 Å². The Hall–Kier alpha value is -2.54. The molecule has 1 amide bonds. The highest BCUT2D eigenvalue weighted by molar-refractivity contribution is 6.02. The molecule has 1 heterocycles. The monoisotopic (exact) mass is 247 g/mol. The van der Waals surface area contributed by atoms with Gasteiger partial charge in [0.15, 0.2) is 11.5 Å². The number of hydrogen-bond donors (Lipinski definition) is 3. The van der Waals surface area contributed by atoms with E-state index in [0.717, 1.165) is 0 Å². The van der Waals surface area contributed by atoms with Gasteiger partial charge in [-0.15, -0.1) is 10.2 Å². The zero-order chi connectivity index (χ0) is 13.0. The summed E-state index contributed by atoms with van der Waals surface area (Å²) in [6.07, 6.45) is 0. The van der Waals surface area contributed by atoms with Gasteiger partial charge < -0.3 is 10.7 Å². The highest BCUT2D eigenvalue weighted by atomic mass is 19.1. The average Bonchev–Trinajstić information content (AvgIpc) is 2.41. The summed E-state index contributed by atoms with van der Waals surface area (Å²) in [5, 5.41) is 9.91. The molecule has 0 bridgehead atoms. The maximum atomic E-state index is 12.7. The molecule has 0 radical (unpaired) electrons. The largest absolute Gasteiger partial charge is 0.321 e. The van der Waals surface area contributed by atoms with Crippen LogP contribution in [-0.4, -0.2) is 16.1 Å². The summed E-state index contributed by atoms with van der Waals surface area (Å²) in [6.45, 7) is 0. The van der Waals surface area contributed by atoms with Crippen molar-refractivity contribution in [1.82, 2.24) is 10.2 Å². The van der Waals surface area contributed by atoms with Gasteiger partial charge in [0, 0.05) is 5.69 Å². The highest BCUT2D eigenvalue weighted by Gasteiger charge is 2.08. The third-order valence-corrected chi connectivity index (χ3v) is 2.15. The fraction of sp³-hybridized carbons (Fsp3) is 0. The van der Waals surface area contributed by atoms with Crippen LogP contribution in [0.25, 0.3) is 0 Å². The minimum Gasteiger partial charge on any atom is -0.321 e. The topological polar surface area (TPSA) is 92.9 Å². The zero-order valence-electron chi connectivity index (χ0n) is 9.22. The number of hydrogen-bond acceptors (Lipinski definition) is 5. The number of hydrazine groups is 1. The maximum absolute atomic E-state index is 12.7. The van der Waals surface area contributed by atoms with Crippen LogP contribution in [0.3, 0.4) is 0 Å². The predicted octanol–water partition coefficient (Wildman–Crippen LogP) is 1.15. The fourth-order valence-corrected chi connectivity index (χ4v) is 1.26. The molecule has 1 aromatic carbocycles. The number of nitrogens with two attached hydrogens (primary N) is 1. The summed E-state index contributed by atoms with van der Waals surface area (Å²) < 4.78 is 12.7. The first-order chi connectivity index (χ1) is 8.69. The first-order valence-electron chi connectivity index (χ1n) is 5.06. The van der Waals surface area contributed by atoms with Crippen molar-refractivity contribution in [2.45, 2.75) is 0 Å². The van der Waals surface area contributed by atoms with Crippen LogP contribution >= 0.6 is 0 Å². The Morgan fingerprint density at radius 1 is 1.11 bits per heavy atom. The van der Waals surface area contributed by atoms with Gasteiger partial charge in [-0.05, 0) is 36.4 Å². The molecule has 0 aliphatic heterocycles. The summed E-state index contributed by atoms with van der Waals surface area (Å²) in [4.78, 5) is 11.7. The molecule has 0 aliphatic rings. The first-order valence-corrected chi connectivity index (χ1v) is 5.06. The quantitative estimate of drug-likeness (QED) is 0.559. The summed E-state index contributed by atoms with van der Waals surface area (Å²) in [7, 11) is 0. The molecule has 0 saturated heterocycles. The van der Waals surface area contributed by atoms with E-state index in [1.807, 2.05) is 0 Å². The number of carbonyl (C=O) groups is 1. The number of nitrogen functional groups attached to an aromatic ring is 1. The van der Waals surface area contributed by atoms with E-state index in [9.17, 15) is 9.18 Å². The van der Waals surface area contributed by atoms with Gasteiger partial charge in [-0.2, -0.15) is 0 Å². The maximum Gasteiger partial charge on any atom is 0.276 e. The smallest absolute Gasteiger partial charge is 0.276 e. The van der Waals surface area contributed by atoms with Crippen molar-refractivity contribution in [2.75, 3.05) is 10.7 Å². The van der Waals surface area contributed by atoms with Gasteiger partial charge in [0.25, 0.3) is 5.91 Å². The number of carbonyl (C=O) groups excluding carboxylic acids is 1. The Morgan fingerprint density at radius 2 is 1.83 bits per heavy atom. The van der Waals surface area contributed by atoms with Crippen LogP contribution in [0.2, 0.25) is 0 Å². The van der Waals surface area contributed by atoms with Gasteiger partial charge in [0.2, 0.25) is 0 Å². The van der Waals surface area contributed by atoms with Gasteiger partial charge in [-0.3, -0.25) is 4.79 Å². The molecule has 0 fully saturated rings. The van der Waals surface area contributed by atoms with Crippen LogP contribution in [0.1, 0.15) is 10.5 Å². The molecule has 92 valence electrons. The number of aromatic nitrogens is 2. The third kappa shape index (κ3) is 2.77.